The minimum atomic E-state index is -1.05. The maximum Gasteiger partial charge on any atom is 0.322 e. The third kappa shape index (κ3) is 5.84. The van der Waals surface area contributed by atoms with Crippen molar-refractivity contribution in [1.29, 1.82) is 0 Å². The lowest BCUT2D eigenvalue weighted by molar-refractivity contribution is -0.139. The number of carbonyl (C=O) groups is 2. The zero-order valence-electron chi connectivity index (χ0n) is 10.2. The molecule has 0 heterocycles. The number of benzene rings is 1. The molecule has 7 nitrogen and oxygen atoms in total. The van der Waals surface area contributed by atoms with Crippen LogP contribution in [0.5, 0.6) is 5.75 Å². The van der Waals surface area contributed by atoms with E-state index in [1.165, 1.54) is 12.1 Å². The molecule has 19 heavy (non-hydrogen) atoms. The van der Waals surface area contributed by atoms with Gasteiger partial charge in [-0.2, -0.15) is 0 Å². The molecule has 0 saturated carbocycles. The number of phenolic OH excluding ortho intramolecular Hbond substituents is 1. The molecule has 1 aromatic carbocycles. The molecule has 0 unspecified atom stereocenters. The van der Waals surface area contributed by atoms with Gasteiger partial charge in [-0.15, -0.1) is 0 Å². The van der Waals surface area contributed by atoms with Gasteiger partial charge < -0.3 is 15.3 Å². The molecule has 0 aliphatic heterocycles. The molecule has 0 saturated heterocycles. The first-order valence-electron chi connectivity index (χ1n) is 5.70. The number of nitrogens with one attached hydrogen (secondary N) is 2. The molecule has 0 bridgehead atoms. The van der Waals surface area contributed by atoms with Gasteiger partial charge in [-0.25, -0.2) is 5.43 Å². The van der Waals surface area contributed by atoms with Gasteiger partial charge in [0.1, 0.15) is 11.8 Å². The fraction of sp³-hybridized carbons (Fsp3) is 0.333. The first-order valence-corrected chi connectivity index (χ1v) is 5.70. The first kappa shape index (κ1) is 14.9. The van der Waals surface area contributed by atoms with E-state index in [1.807, 2.05) is 0 Å². The van der Waals surface area contributed by atoms with E-state index in [1.54, 1.807) is 12.1 Å². The van der Waals surface area contributed by atoms with E-state index >= 15 is 0 Å². The van der Waals surface area contributed by atoms with Gasteiger partial charge in [0, 0.05) is 6.54 Å². The van der Waals surface area contributed by atoms with E-state index in [0.717, 1.165) is 5.56 Å². The van der Waals surface area contributed by atoms with Crippen LogP contribution in [0.25, 0.3) is 0 Å². The highest BCUT2D eigenvalue weighted by atomic mass is 16.4. The van der Waals surface area contributed by atoms with E-state index in [0.29, 0.717) is 0 Å². The second-order valence-corrected chi connectivity index (χ2v) is 3.98. The molecule has 1 atom stereocenters. The normalized spacial score (nSPS) is 12.0. The fourth-order valence-electron chi connectivity index (χ4n) is 1.43. The standard InChI is InChI=1S/C12H16N2O5/c15-9-3-1-8(2-4-9)7-10(12(18)19)14-13-6-5-11(16)17/h1-4,10,13-15H,5-7H2,(H,16,17)(H,18,19)/t10-/m0/s1. The van der Waals surface area contributed by atoms with Crippen LogP contribution < -0.4 is 10.9 Å². The Morgan fingerprint density at radius 1 is 1.16 bits per heavy atom. The van der Waals surface area contributed by atoms with Gasteiger partial charge in [-0.1, -0.05) is 12.1 Å². The highest BCUT2D eigenvalue weighted by Gasteiger charge is 2.17. The monoisotopic (exact) mass is 268 g/mol. The van der Waals surface area contributed by atoms with Crippen molar-refractivity contribution in [3.05, 3.63) is 29.8 Å². The Hall–Kier alpha value is -2.12. The highest BCUT2D eigenvalue weighted by Crippen LogP contribution is 2.11. The average molecular weight is 268 g/mol. The van der Waals surface area contributed by atoms with Gasteiger partial charge in [0.05, 0.1) is 6.42 Å². The third-order valence-corrected chi connectivity index (χ3v) is 2.41. The fourth-order valence-corrected chi connectivity index (χ4v) is 1.43. The third-order valence-electron chi connectivity index (χ3n) is 2.41. The molecule has 0 aromatic heterocycles. The van der Waals surface area contributed by atoms with Crippen LogP contribution in [0.1, 0.15) is 12.0 Å². The summed E-state index contributed by atoms with van der Waals surface area (Å²) in [7, 11) is 0. The lowest BCUT2D eigenvalue weighted by Crippen LogP contribution is -2.47. The predicted molar refractivity (Wildman–Crippen MR) is 66.6 cm³/mol. The Bertz CT molecular complexity index is 432. The van der Waals surface area contributed by atoms with Crippen molar-refractivity contribution < 1.29 is 24.9 Å². The number of hydrogen-bond donors (Lipinski definition) is 5. The molecule has 0 spiro atoms. The van der Waals surface area contributed by atoms with Gasteiger partial charge in [0.15, 0.2) is 0 Å². The average Bonchev–Trinajstić information content (AvgIpc) is 2.35. The number of hydrazine groups is 1. The predicted octanol–water partition coefficient (Wildman–Crippen LogP) is -0.0432. The molecular formula is C12H16N2O5. The Morgan fingerprint density at radius 2 is 1.79 bits per heavy atom. The molecule has 0 radical (unpaired) electrons. The summed E-state index contributed by atoms with van der Waals surface area (Å²) in [6.07, 6.45) is 0.119. The van der Waals surface area contributed by atoms with Crippen LogP contribution in [0.2, 0.25) is 0 Å². The molecule has 104 valence electrons. The minimum Gasteiger partial charge on any atom is -0.508 e. The molecule has 0 amide bonds. The number of aliphatic carboxylic acids is 2. The molecule has 0 fully saturated rings. The van der Waals surface area contributed by atoms with Crippen molar-refractivity contribution in [1.82, 2.24) is 10.9 Å². The van der Waals surface area contributed by atoms with Gasteiger partial charge >= 0.3 is 11.9 Å². The van der Waals surface area contributed by atoms with Gasteiger partial charge in [0.25, 0.3) is 0 Å². The van der Waals surface area contributed by atoms with E-state index < -0.39 is 18.0 Å². The topological polar surface area (TPSA) is 119 Å². The van der Waals surface area contributed by atoms with Crippen LogP contribution >= 0.6 is 0 Å². The van der Waals surface area contributed by atoms with E-state index in [9.17, 15) is 9.59 Å². The van der Waals surface area contributed by atoms with Crippen molar-refractivity contribution in [3.63, 3.8) is 0 Å². The Labute approximate surface area is 109 Å². The SMILES string of the molecule is O=C(O)CCNN[C@@H](Cc1ccc(O)cc1)C(=O)O. The highest BCUT2D eigenvalue weighted by molar-refractivity contribution is 5.73. The number of phenols is 1. The molecule has 5 N–H and O–H groups in total. The van der Waals surface area contributed by atoms with E-state index in [-0.39, 0.29) is 25.1 Å². The van der Waals surface area contributed by atoms with Crippen molar-refractivity contribution in [2.45, 2.75) is 18.9 Å². The lowest BCUT2D eigenvalue weighted by Gasteiger charge is -2.15. The summed E-state index contributed by atoms with van der Waals surface area (Å²) in [5, 5.41) is 26.6. The van der Waals surface area contributed by atoms with Crippen LogP contribution in [-0.2, 0) is 16.0 Å². The van der Waals surface area contributed by atoms with Crippen LogP contribution in [0.3, 0.4) is 0 Å². The maximum atomic E-state index is 11.0. The second-order valence-electron chi connectivity index (χ2n) is 3.98. The minimum absolute atomic E-state index is 0.0987. The lowest BCUT2D eigenvalue weighted by atomic mass is 10.1. The van der Waals surface area contributed by atoms with Crippen LogP contribution in [0.4, 0.5) is 0 Å². The largest absolute Gasteiger partial charge is 0.508 e. The van der Waals surface area contributed by atoms with Crippen molar-refractivity contribution >= 4 is 11.9 Å². The molecule has 1 rings (SSSR count). The second kappa shape index (κ2) is 7.34. The van der Waals surface area contributed by atoms with Crippen molar-refractivity contribution in [3.8, 4) is 5.75 Å². The molecule has 7 heteroatoms. The first-order chi connectivity index (χ1) is 8.99. The molecule has 0 aliphatic carbocycles. The van der Waals surface area contributed by atoms with Crippen molar-refractivity contribution in [2.24, 2.45) is 0 Å². The molecule has 0 aliphatic rings. The summed E-state index contributed by atoms with van der Waals surface area (Å²) in [4.78, 5) is 21.3. The van der Waals surface area contributed by atoms with Crippen LogP contribution in [-0.4, -0.2) is 39.8 Å². The summed E-state index contributed by atoms with van der Waals surface area (Å²) >= 11 is 0. The Kier molecular flexibility index (Phi) is 5.77. The van der Waals surface area contributed by atoms with Crippen LogP contribution in [0.15, 0.2) is 24.3 Å². The zero-order valence-corrected chi connectivity index (χ0v) is 10.2. The van der Waals surface area contributed by atoms with Gasteiger partial charge in [0.2, 0.25) is 0 Å². The van der Waals surface area contributed by atoms with Crippen molar-refractivity contribution in [2.75, 3.05) is 6.54 Å². The van der Waals surface area contributed by atoms with Gasteiger partial charge in [-0.3, -0.25) is 15.0 Å². The Morgan fingerprint density at radius 3 is 2.32 bits per heavy atom. The summed E-state index contributed by atoms with van der Waals surface area (Å²) in [5.74, 6) is -1.89. The number of hydrogen-bond acceptors (Lipinski definition) is 5. The number of carboxylic acid groups (broad SMARTS) is 2. The maximum absolute atomic E-state index is 11.0. The molecule has 1 aromatic rings. The number of rotatable bonds is 8. The smallest absolute Gasteiger partial charge is 0.322 e. The quantitative estimate of drug-likeness (QED) is 0.331. The zero-order chi connectivity index (χ0) is 14.3. The van der Waals surface area contributed by atoms with E-state index in [4.69, 9.17) is 15.3 Å². The van der Waals surface area contributed by atoms with E-state index in [2.05, 4.69) is 10.9 Å². The number of aromatic hydroxyl groups is 1. The summed E-state index contributed by atoms with van der Waals surface area (Å²) in [6, 6.07) is 5.34. The Balaban J connectivity index is 2.46. The summed E-state index contributed by atoms with van der Waals surface area (Å²) < 4.78 is 0. The van der Waals surface area contributed by atoms with Crippen LogP contribution in [0, 0.1) is 0 Å². The molecular weight excluding hydrogens is 252 g/mol. The van der Waals surface area contributed by atoms with Gasteiger partial charge in [-0.05, 0) is 24.1 Å². The number of carboxylic acids is 2. The summed E-state index contributed by atoms with van der Waals surface area (Å²) in [5.41, 5.74) is 5.88. The summed E-state index contributed by atoms with van der Waals surface area (Å²) in [6.45, 7) is 0.134.